The van der Waals surface area contributed by atoms with Gasteiger partial charge in [-0.2, -0.15) is 5.10 Å². The Hall–Kier alpha value is -2.60. The molecule has 0 aliphatic heterocycles. The molecular weight excluding hydrogens is 304 g/mol. The summed E-state index contributed by atoms with van der Waals surface area (Å²) < 4.78 is 5.01. The van der Waals surface area contributed by atoms with Crippen molar-refractivity contribution in [2.45, 2.75) is 13.8 Å². The number of nitrogens with one attached hydrogen (secondary N) is 2. The van der Waals surface area contributed by atoms with Gasteiger partial charge < -0.3 is 9.84 Å². The van der Waals surface area contributed by atoms with Crippen LogP contribution in [0.15, 0.2) is 34.9 Å². The molecule has 0 unspecified atom stereocenters. The summed E-state index contributed by atoms with van der Waals surface area (Å²) in [6.07, 6.45) is 0. The quantitative estimate of drug-likeness (QED) is 0.773. The molecule has 3 aromatic rings. The van der Waals surface area contributed by atoms with Crippen molar-refractivity contribution >= 4 is 23.2 Å². The van der Waals surface area contributed by atoms with Crippen LogP contribution in [-0.2, 0) is 0 Å². The lowest BCUT2D eigenvalue weighted by molar-refractivity contribution is 0.102. The number of H-pyrrole nitrogens is 1. The van der Waals surface area contributed by atoms with E-state index in [2.05, 4.69) is 20.7 Å². The van der Waals surface area contributed by atoms with E-state index in [1.54, 1.807) is 32.0 Å². The lowest BCUT2D eigenvalue weighted by atomic mass is 10.1. The molecule has 2 N–H and O–H groups in total. The molecule has 22 heavy (non-hydrogen) atoms. The molecule has 2 aromatic heterocycles. The molecule has 1 amide bonds. The van der Waals surface area contributed by atoms with Crippen molar-refractivity contribution in [2.24, 2.45) is 0 Å². The van der Waals surface area contributed by atoms with Gasteiger partial charge in [0.05, 0.1) is 5.69 Å². The third-order valence-electron chi connectivity index (χ3n) is 3.23. The summed E-state index contributed by atoms with van der Waals surface area (Å²) in [6.45, 7) is 3.50. The number of carbonyl (C=O) groups excluding carboxylic acids is 1. The summed E-state index contributed by atoms with van der Waals surface area (Å²) >= 11 is 5.86. The van der Waals surface area contributed by atoms with E-state index in [9.17, 15) is 4.79 Å². The van der Waals surface area contributed by atoms with Crippen LogP contribution < -0.4 is 5.32 Å². The number of rotatable bonds is 3. The fourth-order valence-electron chi connectivity index (χ4n) is 2.05. The van der Waals surface area contributed by atoms with Gasteiger partial charge in [0.25, 0.3) is 5.91 Å². The van der Waals surface area contributed by atoms with Crippen molar-refractivity contribution < 1.29 is 9.32 Å². The molecule has 0 spiro atoms. The first-order chi connectivity index (χ1) is 10.5. The molecule has 0 saturated carbocycles. The van der Waals surface area contributed by atoms with E-state index in [4.69, 9.17) is 16.1 Å². The maximum atomic E-state index is 12.2. The zero-order valence-corrected chi connectivity index (χ0v) is 12.7. The number of aromatic nitrogens is 3. The molecule has 7 heteroatoms. The Morgan fingerprint density at radius 2 is 2.00 bits per heavy atom. The predicted molar refractivity (Wildman–Crippen MR) is 83.0 cm³/mol. The van der Waals surface area contributed by atoms with Crippen molar-refractivity contribution in [1.82, 2.24) is 15.4 Å². The second-order valence-electron chi connectivity index (χ2n) is 4.83. The Kier molecular flexibility index (Phi) is 3.68. The third kappa shape index (κ3) is 2.73. The Morgan fingerprint density at radius 1 is 1.27 bits per heavy atom. The van der Waals surface area contributed by atoms with Gasteiger partial charge in [0.15, 0.2) is 5.76 Å². The third-order valence-corrected chi connectivity index (χ3v) is 3.49. The van der Waals surface area contributed by atoms with Gasteiger partial charge in [-0.05, 0) is 32.0 Å². The van der Waals surface area contributed by atoms with Crippen LogP contribution in [0.1, 0.15) is 21.9 Å². The Balaban J connectivity index is 1.81. The van der Waals surface area contributed by atoms with E-state index in [1.165, 1.54) is 0 Å². The zero-order valence-electron chi connectivity index (χ0n) is 12.0. The van der Waals surface area contributed by atoms with Crippen LogP contribution in [0.4, 0.5) is 5.69 Å². The monoisotopic (exact) mass is 316 g/mol. The van der Waals surface area contributed by atoms with Crippen LogP contribution in [0.2, 0.25) is 5.02 Å². The van der Waals surface area contributed by atoms with Gasteiger partial charge in [0, 0.05) is 10.6 Å². The topological polar surface area (TPSA) is 83.8 Å². The van der Waals surface area contributed by atoms with Crippen molar-refractivity contribution in [1.29, 1.82) is 0 Å². The molecule has 0 atom stereocenters. The number of nitrogens with zero attached hydrogens (tertiary/aromatic N) is 2. The maximum Gasteiger partial charge on any atom is 0.273 e. The minimum Gasteiger partial charge on any atom is -0.359 e. The fourth-order valence-corrected chi connectivity index (χ4v) is 2.17. The number of hydrogen-bond donors (Lipinski definition) is 2. The van der Waals surface area contributed by atoms with E-state index in [-0.39, 0.29) is 5.91 Å². The molecule has 6 nitrogen and oxygen atoms in total. The second kappa shape index (κ2) is 5.65. The van der Waals surface area contributed by atoms with E-state index in [0.717, 1.165) is 5.56 Å². The van der Waals surface area contributed by atoms with Gasteiger partial charge in [-0.1, -0.05) is 28.9 Å². The highest BCUT2D eigenvalue weighted by Crippen LogP contribution is 2.22. The molecule has 0 fully saturated rings. The summed E-state index contributed by atoms with van der Waals surface area (Å²) in [5.41, 5.74) is 3.10. The first-order valence-electron chi connectivity index (χ1n) is 6.60. The molecule has 0 aliphatic carbocycles. The van der Waals surface area contributed by atoms with Crippen molar-refractivity contribution in [2.75, 3.05) is 5.32 Å². The molecule has 1 aromatic carbocycles. The van der Waals surface area contributed by atoms with Crippen LogP contribution >= 0.6 is 11.6 Å². The highest BCUT2D eigenvalue weighted by molar-refractivity contribution is 6.30. The minimum atomic E-state index is -0.304. The Labute approximate surface area is 131 Å². The summed E-state index contributed by atoms with van der Waals surface area (Å²) in [6, 6.07) is 8.91. The number of aryl methyl sites for hydroxylation is 2. The molecule has 0 aliphatic rings. The Morgan fingerprint density at radius 3 is 2.64 bits per heavy atom. The fraction of sp³-hybridized carbons (Fsp3) is 0.133. The van der Waals surface area contributed by atoms with Gasteiger partial charge in [0.1, 0.15) is 17.1 Å². The highest BCUT2D eigenvalue weighted by Gasteiger charge is 2.16. The summed E-state index contributed by atoms with van der Waals surface area (Å²) in [4.78, 5) is 12.2. The Bertz CT molecular complexity index is 801. The van der Waals surface area contributed by atoms with Gasteiger partial charge in [-0.3, -0.25) is 9.89 Å². The highest BCUT2D eigenvalue weighted by atomic mass is 35.5. The van der Waals surface area contributed by atoms with Crippen molar-refractivity contribution in [3.63, 3.8) is 0 Å². The van der Waals surface area contributed by atoms with Crippen LogP contribution in [-0.4, -0.2) is 21.3 Å². The zero-order chi connectivity index (χ0) is 15.7. The number of aromatic amines is 1. The van der Waals surface area contributed by atoms with Crippen LogP contribution in [0.25, 0.3) is 11.3 Å². The summed E-state index contributed by atoms with van der Waals surface area (Å²) in [5.74, 6) is 0.255. The molecule has 0 saturated heterocycles. The smallest absolute Gasteiger partial charge is 0.273 e. The van der Waals surface area contributed by atoms with E-state index >= 15 is 0 Å². The molecule has 112 valence electrons. The number of carbonyl (C=O) groups is 1. The van der Waals surface area contributed by atoms with Gasteiger partial charge >= 0.3 is 0 Å². The lowest BCUT2D eigenvalue weighted by Crippen LogP contribution is -2.13. The van der Waals surface area contributed by atoms with E-state index < -0.39 is 0 Å². The van der Waals surface area contributed by atoms with Gasteiger partial charge in [-0.15, -0.1) is 0 Å². The SMILES string of the molecule is Cc1noc(C)c1NC(=O)c1cc(-c2ccc(Cl)cc2)n[nH]1. The molecule has 3 rings (SSSR count). The molecular formula is C15H13ClN4O2. The van der Waals surface area contributed by atoms with Gasteiger partial charge in [-0.25, -0.2) is 0 Å². The molecule has 0 bridgehead atoms. The van der Waals surface area contributed by atoms with Crippen LogP contribution in [0, 0.1) is 13.8 Å². The van der Waals surface area contributed by atoms with Crippen molar-refractivity contribution in [3.05, 3.63) is 52.5 Å². The number of amides is 1. The number of halogens is 1. The molecule has 0 radical (unpaired) electrons. The van der Waals surface area contributed by atoms with E-state index in [0.29, 0.717) is 33.6 Å². The predicted octanol–water partition coefficient (Wildman–Crippen LogP) is 3.59. The minimum absolute atomic E-state index is 0.304. The normalized spacial score (nSPS) is 10.7. The number of benzene rings is 1. The first-order valence-corrected chi connectivity index (χ1v) is 6.98. The summed E-state index contributed by atoms with van der Waals surface area (Å²) in [7, 11) is 0. The van der Waals surface area contributed by atoms with Gasteiger partial charge in [0.2, 0.25) is 0 Å². The molecule has 2 heterocycles. The largest absolute Gasteiger partial charge is 0.359 e. The number of anilines is 1. The second-order valence-corrected chi connectivity index (χ2v) is 5.26. The summed E-state index contributed by atoms with van der Waals surface area (Å²) in [5, 5.41) is 14.1. The van der Waals surface area contributed by atoms with Crippen LogP contribution in [0.3, 0.4) is 0 Å². The number of hydrogen-bond acceptors (Lipinski definition) is 4. The average molecular weight is 317 g/mol. The van der Waals surface area contributed by atoms with E-state index in [1.807, 2.05) is 12.1 Å². The van der Waals surface area contributed by atoms with Crippen molar-refractivity contribution in [3.8, 4) is 11.3 Å². The first kappa shape index (κ1) is 14.3. The maximum absolute atomic E-state index is 12.2. The standard InChI is InChI=1S/C15H13ClN4O2/c1-8-14(9(2)22-20-8)17-15(21)13-7-12(18-19-13)10-3-5-11(16)6-4-10/h3-7H,1-2H3,(H,17,21)(H,18,19). The average Bonchev–Trinajstić information content (AvgIpc) is 3.10. The lowest BCUT2D eigenvalue weighted by Gasteiger charge is -2.01. The van der Waals surface area contributed by atoms with Crippen LogP contribution in [0.5, 0.6) is 0 Å².